The standard InChI is InChI=1S/C11H21N3O2S2/c1-8-7-17-10(5-12)11(8)18(15,16)13-9(2)6-14(3)4/h7,9,13H,5-6,12H2,1-4H3. The minimum absolute atomic E-state index is 0.144. The SMILES string of the molecule is Cc1csc(CN)c1S(=O)(=O)NC(C)CN(C)C. The first-order chi connectivity index (χ1) is 8.27. The van der Waals surface area contributed by atoms with Crippen molar-refractivity contribution in [3.05, 3.63) is 15.8 Å². The summed E-state index contributed by atoms with van der Waals surface area (Å²) in [6.07, 6.45) is 0. The first-order valence-electron chi connectivity index (χ1n) is 5.72. The van der Waals surface area contributed by atoms with Gasteiger partial charge in [-0.1, -0.05) is 0 Å². The molecule has 0 aromatic carbocycles. The molecule has 0 aliphatic carbocycles. The summed E-state index contributed by atoms with van der Waals surface area (Å²) in [5, 5.41) is 1.83. The van der Waals surface area contributed by atoms with Crippen LogP contribution in [0.3, 0.4) is 0 Å². The van der Waals surface area contributed by atoms with E-state index in [2.05, 4.69) is 4.72 Å². The molecule has 1 rings (SSSR count). The molecular formula is C11H21N3O2S2. The predicted molar refractivity (Wildman–Crippen MR) is 75.3 cm³/mol. The third kappa shape index (κ3) is 3.76. The molecule has 1 heterocycles. The minimum atomic E-state index is -3.48. The summed E-state index contributed by atoms with van der Waals surface area (Å²) in [6.45, 7) is 4.54. The van der Waals surface area contributed by atoms with Crippen molar-refractivity contribution in [3.63, 3.8) is 0 Å². The van der Waals surface area contributed by atoms with Gasteiger partial charge in [-0.2, -0.15) is 0 Å². The number of nitrogens with two attached hydrogens (primary N) is 1. The van der Waals surface area contributed by atoms with Crippen LogP contribution in [-0.4, -0.2) is 40.0 Å². The lowest BCUT2D eigenvalue weighted by molar-refractivity contribution is 0.370. The number of rotatable bonds is 6. The highest BCUT2D eigenvalue weighted by molar-refractivity contribution is 7.89. The van der Waals surface area contributed by atoms with Gasteiger partial charge in [0.15, 0.2) is 0 Å². The van der Waals surface area contributed by atoms with Crippen molar-refractivity contribution >= 4 is 21.4 Å². The van der Waals surface area contributed by atoms with Crippen LogP contribution in [0, 0.1) is 6.92 Å². The summed E-state index contributed by atoms with van der Waals surface area (Å²) in [6, 6.07) is -0.144. The Kier molecular flexibility index (Phi) is 5.30. The number of likely N-dealkylation sites (N-methyl/N-ethyl adjacent to an activating group) is 1. The molecule has 0 saturated carbocycles. The molecule has 1 aromatic heterocycles. The van der Waals surface area contributed by atoms with Gasteiger partial charge < -0.3 is 10.6 Å². The quantitative estimate of drug-likeness (QED) is 0.811. The molecule has 0 aliphatic rings. The highest BCUT2D eigenvalue weighted by Crippen LogP contribution is 2.26. The molecule has 5 nitrogen and oxygen atoms in total. The van der Waals surface area contributed by atoms with Crippen molar-refractivity contribution in [1.29, 1.82) is 0 Å². The van der Waals surface area contributed by atoms with Gasteiger partial charge in [-0.25, -0.2) is 13.1 Å². The lowest BCUT2D eigenvalue weighted by Gasteiger charge is -2.18. The molecule has 0 saturated heterocycles. The number of nitrogens with one attached hydrogen (secondary N) is 1. The molecule has 1 unspecified atom stereocenters. The fraction of sp³-hybridized carbons (Fsp3) is 0.636. The van der Waals surface area contributed by atoms with Crippen molar-refractivity contribution in [1.82, 2.24) is 9.62 Å². The largest absolute Gasteiger partial charge is 0.326 e. The van der Waals surface area contributed by atoms with Crippen molar-refractivity contribution in [3.8, 4) is 0 Å². The second-order valence-corrected chi connectivity index (χ2v) is 7.27. The fourth-order valence-corrected chi connectivity index (χ4v) is 4.84. The van der Waals surface area contributed by atoms with Crippen LogP contribution in [0.15, 0.2) is 10.3 Å². The number of nitrogens with zero attached hydrogens (tertiary/aromatic N) is 1. The van der Waals surface area contributed by atoms with Crippen molar-refractivity contribution in [2.75, 3.05) is 20.6 Å². The van der Waals surface area contributed by atoms with Crippen LogP contribution in [0.1, 0.15) is 17.4 Å². The Hall–Kier alpha value is -0.470. The fourth-order valence-electron chi connectivity index (χ4n) is 1.90. The van der Waals surface area contributed by atoms with E-state index in [9.17, 15) is 8.42 Å². The average Bonchev–Trinajstić information content (AvgIpc) is 2.57. The number of aryl methyl sites for hydroxylation is 1. The first kappa shape index (κ1) is 15.6. The van der Waals surface area contributed by atoms with Gasteiger partial charge in [0, 0.05) is 24.0 Å². The number of sulfonamides is 1. The maximum Gasteiger partial charge on any atom is 0.242 e. The smallest absolute Gasteiger partial charge is 0.242 e. The highest BCUT2D eigenvalue weighted by Gasteiger charge is 2.24. The zero-order valence-electron chi connectivity index (χ0n) is 11.2. The van der Waals surface area contributed by atoms with Gasteiger partial charge in [-0.15, -0.1) is 11.3 Å². The predicted octanol–water partition coefficient (Wildman–Crippen LogP) is 0.744. The lowest BCUT2D eigenvalue weighted by Crippen LogP contribution is -2.39. The van der Waals surface area contributed by atoms with E-state index in [-0.39, 0.29) is 12.6 Å². The summed E-state index contributed by atoms with van der Waals surface area (Å²) in [7, 11) is 0.336. The molecule has 1 atom stereocenters. The Bertz CT molecular complexity index is 494. The second-order valence-electron chi connectivity index (χ2n) is 4.66. The van der Waals surface area contributed by atoms with Gasteiger partial charge in [0.25, 0.3) is 0 Å². The van der Waals surface area contributed by atoms with Gasteiger partial charge in [0.05, 0.1) is 0 Å². The molecule has 0 fully saturated rings. The highest BCUT2D eigenvalue weighted by atomic mass is 32.2. The van der Waals surface area contributed by atoms with Gasteiger partial charge in [-0.05, 0) is 38.9 Å². The van der Waals surface area contributed by atoms with E-state index in [0.717, 1.165) is 5.56 Å². The van der Waals surface area contributed by atoms with Crippen LogP contribution >= 0.6 is 11.3 Å². The zero-order chi connectivity index (χ0) is 13.9. The van der Waals surface area contributed by atoms with Crippen LogP contribution in [-0.2, 0) is 16.6 Å². The third-order valence-electron chi connectivity index (χ3n) is 2.44. The monoisotopic (exact) mass is 291 g/mol. The van der Waals surface area contributed by atoms with Crippen LogP contribution < -0.4 is 10.5 Å². The summed E-state index contributed by atoms with van der Waals surface area (Å²) >= 11 is 1.39. The van der Waals surface area contributed by atoms with E-state index in [0.29, 0.717) is 16.3 Å². The van der Waals surface area contributed by atoms with Crippen LogP contribution in [0.4, 0.5) is 0 Å². The Morgan fingerprint density at radius 3 is 2.61 bits per heavy atom. The molecule has 0 radical (unpaired) electrons. The van der Waals surface area contributed by atoms with E-state index in [1.807, 2.05) is 31.3 Å². The van der Waals surface area contributed by atoms with Gasteiger partial charge >= 0.3 is 0 Å². The van der Waals surface area contributed by atoms with E-state index in [1.54, 1.807) is 6.92 Å². The van der Waals surface area contributed by atoms with E-state index in [1.165, 1.54) is 11.3 Å². The molecule has 7 heteroatoms. The van der Waals surface area contributed by atoms with Gasteiger partial charge in [0.2, 0.25) is 10.0 Å². The Morgan fingerprint density at radius 2 is 2.11 bits per heavy atom. The molecule has 0 spiro atoms. The van der Waals surface area contributed by atoms with Crippen molar-refractivity contribution in [2.24, 2.45) is 5.73 Å². The third-order valence-corrected chi connectivity index (χ3v) is 5.51. The summed E-state index contributed by atoms with van der Waals surface area (Å²) in [4.78, 5) is 3.00. The zero-order valence-corrected chi connectivity index (χ0v) is 12.9. The normalized spacial score (nSPS) is 14.1. The number of hydrogen-bond acceptors (Lipinski definition) is 5. The van der Waals surface area contributed by atoms with Gasteiger partial charge in [-0.3, -0.25) is 0 Å². The lowest BCUT2D eigenvalue weighted by atomic mass is 10.3. The van der Waals surface area contributed by atoms with Crippen molar-refractivity contribution < 1.29 is 8.42 Å². The first-order valence-corrected chi connectivity index (χ1v) is 8.08. The van der Waals surface area contributed by atoms with E-state index >= 15 is 0 Å². The van der Waals surface area contributed by atoms with Crippen LogP contribution in [0.2, 0.25) is 0 Å². The van der Waals surface area contributed by atoms with Crippen molar-refractivity contribution in [2.45, 2.75) is 31.3 Å². The van der Waals surface area contributed by atoms with Crippen LogP contribution in [0.25, 0.3) is 0 Å². The number of thiophene rings is 1. The summed E-state index contributed by atoms with van der Waals surface area (Å²) in [5.74, 6) is 0. The molecule has 18 heavy (non-hydrogen) atoms. The Morgan fingerprint density at radius 1 is 1.50 bits per heavy atom. The van der Waals surface area contributed by atoms with Gasteiger partial charge in [0.1, 0.15) is 4.90 Å². The maximum absolute atomic E-state index is 12.3. The molecule has 1 aromatic rings. The van der Waals surface area contributed by atoms with E-state index in [4.69, 9.17) is 5.73 Å². The molecule has 0 bridgehead atoms. The minimum Gasteiger partial charge on any atom is -0.326 e. The average molecular weight is 291 g/mol. The molecule has 3 N–H and O–H groups in total. The second kappa shape index (κ2) is 6.12. The Balaban J connectivity index is 2.96. The van der Waals surface area contributed by atoms with E-state index < -0.39 is 10.0 Å². The number of hydrogen-bond donors (Lipinski definition) is 2. The van der Waals surface area contributed by atoms with Crippen LogP contribution in [0.5, 0.6) is 0 Å². The molecule has 0 aliphatic heterocycles. The molecule has 0 amide bonds. The molecule has 104 valence electrons. The maximum atomic E-state index is 12.3. The summed E-state index contributed by atoms with van der Waals surface area (Å²) < 4.78 is 27.3. The summed E-state index contributed by atoms with van der Waals surface area (Å²) in [5.41, 5.74) is 6.34. The topological polar surface area (TPSA) is 75.4 Å². The molecular weight excluding hydrogens is 270 g/mol. The Labute approximate surface area is 113 Å².